The van der Waals surface area contributed by atoms with Crippen molar-refractivity contribution in [3.8, 4) is 5.75 Å². The quantitative estimate of drug-likeness (QED) is 0.415. The van der Waals surface area contributed by atoms with Gasteiger partial charge in [-0.2, -0.15) is 13.2 Å². The summed E-state index contributed by atoms with van der Waals surface area (Å²) < 4.78 is 82.2. The highest BCUT2D eigenvalue weighted by molar-refractivity contribution is 5.57. The molecule has 2 aromatic heterocycles. The van der Waals surface area contributed by atoms with Crippen molar-refractivity contribution in [2.24, 2.45) is 5.92 Å². The van der Waals surface area contributed by atoms with Crippen LogP contribution < -0.4 is 4.74 Å². The molecule has 2 aliphatic carbocycles. The molecule has 2 heterocycles. The van der Waals surface area contributed by atoms with Gasteiger partial charge in [-0.05, 0) is 68.2 Å². The summed E-state index contributed by atoms with van der Waals surface area (Å²) in [4.78, 5) is 0. The molecule has 0 amide bonds. The van der Waals surface area contributed by atoms with Gasteiger partial charge < -0.3 is 9.47 Å². The van der Waals surface area contributed by atoms with E-state index in [1.165, 1.54) is 29.8 Å². The Morgan fingerprint density at radius 1 is 1.03 bits per heavy atom. The van der Waals surface area contributed by atoms with Crippen LogP contribution in [-0.4, -0.2) is 27.8 Å². The average molecular weight is 481 g/mol. The summed E-state index contributed by atoms with van der Waals surface area (Å²) in [5, 5.41) is 7.84. The normalized spacial score (nSPS) is 23.4. The monoisotopic (exact) mass is 481 g/mol. The highest BCUT2D eigenvalue weighted by Crippen LogP contribution is 2.44. The molecule has 3 aromatic rings. The van der Waals surface area contributed by atoms with Crippen LogP contribution in [0.15, 0.2) is 30.5 Å². The van der Waals surface area contributed by atoms with Crippen LogP contribution in [0.3, 0.4) is 0 Å². The first-order valence-electron chi connectivity index (χ1n) is 11.3. The van der Waals surface area contributed by atoms with Crippen molar-refractivity contribution < 1.29 is 31.4 Å². The molecule has 0 spiro atoms. The van der Waals surface area contributed by atoms with E-state index >= 15 is 0 Å². The number of halogens is 5. The van der Waals surface area contributed by atoms with Crippen molar-refractivity contribution in [3.05, 3.63) is 59.0 Å². The van der Waals surface area contributed by atoms with Crippen molar-refractivity contribution >= 4 is 5.65 Å². The first-order valence-corrected chi connectivity index (χ1v) is 11.3. The zero-order valence-electron chi connectivity index (χ0n) is 18.5. The highest BCUT2D eigenvalue weighted by atomic mass is 19.4. The second kappa shape index (κ2) is 8.48. The second-order valence-electron chi connectivity index (χ2n) is 9.15. The molecular formula is C24H24F5N3O2. The number of nitrogens with zero attached hydrogens (tertiary/aromatic N) is 3. The number of pyridine rings is 1. The van der Waals surface area contributed by atoms with Crippen LogP contribution in [0.1, 0.15) is 55.5 Å². The number of hydrogen-bond donors (Lipinski definition) is 0. The van der Waals surface area contributed by atoms with E-state index in [9.17, 15) is 22.0 Å². The van der Waals surface area contributed by atoms with Gasteiger partial charge >= 0.3 is 6.18 Å². The van der Waals surface area contributed by atoms with E-state index in [4.69, 9.17) is 9.47 Å². The van der Waals surface area contributed by atoms with E-state index in [-0.39, 0.29) is 11.4 Å². The van der Waals surface area contributed by atoms with Gasteiger partial charge in [-0.1, -0.05) is 6.07 Å². The number of methoxy groups -OCH3 is 1. The lowest BCUT2D eigenvalue weighted by Crippen LogP contribution is -2.37. The minimum atomic E-state index is -4.67. The SMILES string of the molecule is CO[C@]1(c2ccc(F)c(F)c2)CC[C@H](Oc2ccn3c(CC4CC4)nnc3c2C(F)(F)F)CC1. The van der Waals surface area contributed by atoms with Gasteiger partial charge in [-0.3, -0.25) is 4.40 Å². The lowest BCUT2D eigenvalue weighted by atomic mass is 9.78. The predicted molar refractivity (Wildman–Crippen MR) is 112 cm³/mol. The molecule has 0 aliphatic heterocycles. The molecule has 182 valence electrons. The molecule has 5 nitrogen and oxygen atoms in total. The number of aromatic nitrogens is 3. The van der Waals surface area contributed by atoms with Gasteiger partial charge in [0.1, 0.15) is 17.1 Å². The standard InChI is InChI=1S/C24H24F5N3O2/c1-33-23(15-4-5-17(25)18(26)13-15)9-6-16(7-10-23)34-19-8-11-32-20(12-14-2-3-14)30-31-22(32)21(19)24(27,28)29/h4-5,8,11,13-14,16H,2-3,6-7,9-10,12H2,1H3/t16-,23+. The molecule has 0 bridgehead atoms. The van der Waals surface area contributed by atoms with E-state index in [1.807, 2.05) is 0 Å². The van der Waals surface area contributed by atoms with E-state index in [0.29, 0.717) is 49.4 Å². The number of fused-ring (bicyclic) bond motifs is 1. The molecular weight excluding hydrogens is 457 g/mol. The predicted octanol–water partition coefficient (Wildman–Crippen LogP) is 5.84. The molecule has 2 fully saturated rings. The lowest BCUT2D eigenvalue weighted by Gasteiger charge is -2.39. The van der Waals surface area contributed by atoms with Crippen LogP contribution in [0.4, 0.5) is 22.0 Å². The van der Waals surface area contributed by atoms with Gasteiger partial charge in [0.05, 0.1) is 11.7 Å². The summed E-state index contributed by atoms with van der Waals surface area (Å²) in [5.41, 5.74) is -1.55. The van der Waals surface area contributed by atoms with Gasteiger partial charge in [-0.25, -0.2) is 8.78 Å². The first kappa shape index (κ1) is 23.0. The fourth-order valence-corrected chi connectivity index (χ4v) is 4.82. The Kier molecular flexibility index (Phi) is 5.74. The van der Waals surface area contributed by atoms with Crippen molar-refractivity contribution in [3.63, 3.8) is 0 Å². The van der Waals surface area contributed by atoms with E-state index in [0.717, 1.165) is 25.0 Å². The number of hydrogen-bond acceptors (Lipinski definition) is 4. The van der Waals surface area contributed by atoms with Gasteiger partial charge in [0.2, 0.25) is 0 Å². The highest BCUT2D eigenvalue weighted by Gasteiger charge is 2.42. The molecule has 2 aliphatic rings. The van der Waals surface area contributed by atoms with E-state index < -0.39 is 35.1 Å². The van der Waals surface area contributed by atoms with Crippen LogP contribution >= 0.6 is 0 Å². The number of ether oxygens (including phenoxy) is 2. The van der Waals surface area contributed by atoms with Gasteiger partial charge in [-0.15, -0.1) is 10.2 Å². The Morgan fingerprint density at radius 3 is 2.38 bits per heavy atom. The Hall–Kier alpha value is -2.75. The fraction of sp³-hybridized carbons (Fsp3) is 0.500. The third-order valence-corrected chi connectivity index (χ3v) is 6.93. The Labute approximate surface area is 192 Å². The maximum atomic E-state index is 14.0. The fourth-order valence-electron chi connectivity index (χ4n) is 4.82. The minimum Gasteiger partial charge on any atom is -0.490 e. The lowest BCUT2D eigenvalue weighted by molar-refractivity contribution is -0.138. The molecule has 1 aromatic carbocycles. The van der Waals surface area contributed by atoms with Gasteiger partial charge in [0.15, 0.2) is 17.3 Å². The molecule has 0 atom stereocenters. The molecule has 34 heavy (non-hydrogen) atoms. The molecule has 0 N–H and O–H groups in total. The van der Waals surface area contributed by atoms with Crippen molar-refractivity contribution in [2.75, 3.05) is 7.11 Å². The summed E-state index contributed by atoms with van der Waals surface area (Å²) in [6.45, 7) is 0. The first-order chi connectivity index (χ1) is 16.2. The molecule has 2 saturated carbocycles. The van der Waals surface area contributed by atoms with Gasteiger partial charge in [0.25, 0.3) is 0 Å². The maximum Gasteiger partial charge on any atom is 0.423 e. The van der Waals surface area contributed by atoms with Gasteiger partial charge in [0, 0.05) is 19.7 Å². The molecule has 5 rings (SSSR count). The third-order valence-electron chi connectivity index (χ3n) is 6.93. The molecule has 0 unspecified atom stereocenters. The number of alkyl halides is 3. The summed E-state index contributed by atoms with van der Waals surface area (Å²) in [6, 6.07) is 4.96. The summed E-state index contributed by atoms with van der Waals surface area (Å²) >= 11 is 0. The number of benzene rings is 1. The maximum absolute atomic E-state index is 14.0. The molecule has 10 heteroatoms. The average Bonchev–Trinajstić information content (AvgIpc) is 3.54. The molecule has 0 radical (unpaired) electrons. The Balaban J connectivity index is 1.38. The largest absolute Gasteiger partial charge is 0.490 e. The van der Waals surface area contributed by atoms with Crippen LogP contribution in [-0.2, 0) is 22.9 Å². The summed E-state index contributed by atoms with van der Waals surface area (Å²) in [7, 11) is 1.49. The van der Waals surface area contributed by atoms with Crippen molar-refractivity contribution in [1.29, 1.82) is 0 Å². The van der Waals surface area contributed by atoms with Crippen LogP contribution in [0.5, 0.6) is 5.75 Å². The van der Waals surface area contributed by atoms with Crippen LogP contribution in [0, 0.1) is 17.6 Å². The van der Waals surface area contributed by atoms with Crippen molar-refractivity contribution in [1.82, 2.24) is 14.6 Å². The van der Waals surface area contributed by atoms with Crippen LogP contribution in [0.2, 0.25) is 0 Å². The topological polar surface area (TPSA) is 48.7 Å². The van der Waals surface area contributed by atoms with Crippen molar-refractivity contribution in [2.45, 2.75) is 62.8 Å². The van der Waals surface area contributed by atoms with Crippen LogP contribution in [0.25, 0.3) is 5.65 Å². The van der Waals surface area contributed by atoms with E-state index in [2.05, 4.69) is 10.2 Å². The minimum absolute atomic E-state index is 0.260. The summed E-state index contributed by atoms with van der Waals surface area (Å²) in [6.07, 6.45) is 0.618. The summed E-state index contributed by atoms with van der Waals surface area (Å²) in [5.74, 6) is -1.23. The Morgan fingerprint density at radius 2 is 1.76 bits per heavy atom. The third kappa shape index (κ3) is 4.23. The smallest absolute Gasteiger partial charge is 0.423 e. The zero-order chi connectivity index (χ0) is 24.1. The zero-order valence-corrected chi connectivity index (χ0v) is 18.5. The Bertz CT molecular complexity index is 1200. The van der Waals surface area contributed by atoms with E-state index in [1.54, 1.807) is 0 Å². The molecule has 0 saturated heterocycles. The second-order valence-corrected chi connectivity index (χ2v) is 9.15. The number of rotatable bonds is 6.